The molecule has 2 atom stereocenters. The SMILES string of the molecule is CCNC(CC1CCCO1)c1cc(Br)cc2c1OCC2. The molecule has 2 aliphatic heterocycles. The van der Waals surface area contributed by atoms with Crippen LogP contribution in [0.4, 0.5) is 0 Å². The third kappa shape index (κ3) is 3.02. The fourth-order valence-corrected chi connectivity index (χ4v) is 3.74. The predicted molar refractivity (Wildman–Crippen MR) is 83.3 cm³/mol. The van der Waals surface area contributed by atoms with Crippen molar-refractivity contribution >= 4 is 15.9 Å². The molecular formula is C16H22BrNO2. The zero-order valence-corrected chi connectivity index (χ0v) is 13.5. The van der Waals surface area contributed by atoms with E-state index >= 15 is 0 Å². The summed E-state index contributed by atoms with van der Waals surface area (Å²) in [5.41, 5.74) is 2.61. The largest absolute Gasteiger partial charge is 0.493 e. The molecule has 0 aliphatic carbocycles. The van der Waals surface area contributed by atoms with Gasteiger partial charge in [-0.1, -0.05) is 22.9 Å². The van der Waals surface area contributed by atoms with Crippen LogP contribution in [-0.4, -0.2) is 25.9 Å². The van der Waals surface area contributed by atoms with Gasteiger partial charge in [0.1, 0.15) is 5.75 Å². The molecule has 1 saturated heterocycles. The Bertz CT molecular complexity index is 472. The molecule has 4 heteroatoms. The van der Waals surface area contributed by atoms with Crippen molar-refractivity contribution in [1.29, 1.82) is 0 Å². The summed E-state index contributed by atoms with van der Waals surface area (Å²) in [6.45, 7) is 4.83. The minimum Gasteiger partial charge on any atom is -0.493 e. The van der Waals surface area contributed by atoms with Crippen molar-refractivity contribution in [1.82, 2.24) is 5.32 Å². The second-order valence-electron chi connectivity index (χ2n) is 5.56. The molecule has 3 rings (SSSR count). The van der Waals surface area contributed by atoms with E-state index in [2.05, 4.69) is 40.3 Å². The monoisotopic (exact) mass is 339 g/mol. The van der Waals surface area contributed by atoms with Crippen molar-refractivity contribution in [3.63, 3.8) is 0 Å². The van der Waals surface area contributed by atoms with Gasteiger partial charge in [0.05, 0.1) is 12.7 Å². The van der Waals surface area contributed by atoms with E-state index in [1.54, 1.807) is 0 Å². The highest BCUT2D eigenvalue weighted by Gasteiger charge is 2.26. The van der Waals surface area contributed by atoms with Crippen molar-refractivity contribution < 1.29 is 9.47 Å². The molecule has 3 nitrogen and oxygen atoms in total. The summed E-state index contributed by atoms with van der Waals surface area (Å²) in [5, 5.41) is 3.60. The van der Waals surface area contributed by atoms with Gasteiger partial charge in [-0.3, -0.25) is 0 Å². The lowest BCUT2D eigenvalue weighted by Gasteiger charge is -2.23. The van der Waals surface area contributed by atoms with Crippen LogP contribution in [0.15, 0.2) is 16.6 Å². The van der Waals surface area contributed by atoms with Gasteiger partial charge in [0.25, 0.3) is 0 Å². The third-order valence-electron chi connectivity index (χ3n) is 4.13. The number of nitrogens with one attached hydrogen (secondary N) is 1. The minimum absolute atomic E-state index is 0.312. The molecule has 1 N–H and O–H groups in total. The van der Waals surface area contributed by atoms with Crippen molar-refractivity contribution in [3.8, 4) is 5.75 Å². The van der Waals surface area contributed by atoms with Gasteiger partial charge in [-0.2, -0.15) is 0 Å². The van der Waals surface area contributed by atoms with Gasteiger partial charge in [-0.05, 0) is 43.5 Å². The van der Waals surface area contributed by atoms with E-state index in [9.17, 15) is 0 Å². The summed E-state index contributed by atoms with van der Waals surface area (Å²) < 4.78 is 12.8. The third-order valence-corrected chi connectivity index (χ3v) is 4.58. The van der Waals surface area contributed by atoms with Crippen molar-refractivity contribution in [3.05, 3.63) is 27.7 Å². The first kappa shape index (κ1) is 14.4. The Kier molecular flexibility index (Phi) is 4.64. The van der Waals surface area contributed by atoms with Crippen LogP contribution in [0.2, 0.25) is 0 Å². The molecule has 110 valence electrons. The zero-order chi connectivity index (χ0) is 13.9. The number of hydrogen-bond donors (Lipinski definition) is 1. The normalized spacial score (nSPS) is 22.6. The van der Waals surface area contributed by atoms with Crippen molar-refractivity contribution in [2.45, 2.75) is 44.8 Å². The van der Waals surface area contributed by atoms with Crippen LogP contribution in [0, 0.1) is 0 Å². The van der Waals surface area contributed by atoms with Gasteiger partial charge in [0, 0.05) is 29.1 Å². The van der Waals surface area contributed by atoms with Crippen LogP contribution in [0.5, 0.6) is 5.75 Å². The summed E-state index contributed by atoms with van der Waals surface area (Å²) in [7, 11) is 0. The first-order valence-electron chi connectivity index (χ1n) is 7.58. The van der Waals surface area contributed by atoms with E-state index < -0.39 is 0 Å². The van der Waals surface area contributed by atoms with Gasteiger partial charge < -0.3 is 14.8 Å². The molecule has 0 aromatic heterocycles. The predicted octanol–water partition coefficient (Wildman–Crippen LogP) is 3.60. The summed E-state index contributed by atoms with van der Waals surface area (Å²) >= 11 is 3.63. The quantitative estimate of drug-likeness (QED) is 0.888. The highest BCUT2D eigenvalue weighted by molar-refractivity contribution is 9.10. The number of hydrogen-bond acceptors (Lipinski definition) is 3. The van der Waals surface area contributed by atoms with E-state index in [4.69, 9.17) is 9.47 Å². The van der Waals surface area contributed by atoms with Crippen LogP contribution >= 0.6 is 15.9 Å². The zero-order valence-electron chi connectivity index (χ0n) is 12.0. The number of fused-ring (bicyclic) bond motifs is 1. The Balaban J connectivity index is 1.86. The Morgan fingerprint density at radius 3 is 3.05 bits per heavy atom. The van der Waals surface area contributed by atoms with Gasteiger partial charge in [-0.25, -0.2) is 0 Å². The molecule has 1 aromatic carbocycles. The standard InChI is InChI=1S/C16H22BrNO2/c1-2-18-15(10-13-4-3-6-19-13)14-9-12(17)8-11-5-7-20-16(11)14/h8-9,13,15,18H,2-7,10H2,1H3. The molecule has 2 aliphatic rings. The molecule has 0 radical (unpaired) electrons. The number of benzene rings is 1. The molecule has 0 spiro atoms. The summed E-state index contributed by atoms with van der Waals surface area (Å²) in [5.74, 6) is 1.09. The van der Waals surface area contributed by atoms with E-state index in [0.29, 0.717) is 12.1 Å². The second-order valence-corrected chi connectivity index (χ2v) is 6.48. The molecule has 0 amide bonds. The van der Waals surface area contributed by atoms with Crippen LogP contribution in [-0.2, 0) is 11.2 Å². The second kappa shape index (κ2) is 6.46. The van der Waals surface area contributed by atoms with Crippen LogP contribution in [0.3, 0.4) is 0 Å². The molecule has 0 bridgehead atoms. The van der Waals surface area contributed by atoms with E-state index in [0.717, 1.165) is 42.8 Å². The average Bonchev–Trinajstić information content (AvgIpc) is 3.07. The van der Waals surface area contributed by atoms with E-state index in [1.165, 1.54) is 24.0 Å². The van der Waals surface area contributed by atoms with Gasteiger partial charge in [0.2, 0.25) is 0 Å². The molecule has 1 fully saturated rings. The summed E-state index contributed by atoms with van der Waals surface area (Å²) in [6.07, 6.45) is 4.80. The Morgan fingerprint density at radius 1 is 1.40 bits per heavy atom. The lowest BCUT2D eigenvalue weighted by Crippen LogP contribution is -2.25. The fourth-order valence-electron chi connectivity index (χ4n) is 3.22. The smallest absolute Gasteiger partial charge is 0.127 e. The van der Waals surface area contributed by atoms with Gasteiger partial charge in [0.15, 0.2) is 0 Å². The number of ether oxygens (including phenoxy) is 2. The lowest BCUT2D eigenvalue weighted by molar-refractivity contribution is 0.0944. The Hall–Kier alpha value is -0.580. The van der Waals surface area contributed by atoms with Crippen molar-refractivity contribution in [2.24, 2.45) is 0 Å². The molecule has 0 saturated carbocycles. The first-order chi connectivity index (χ1) is 9.78. The summed E-state index contributed by atoms with van der Waals surface area (Å²) in [6, 6.07) is 4.69. The first-order valence-corrected chi connectivity index (χ1v) is 8.37. The van der Waals surface area contributed by atoms with Crippen LogP contribution < -0.4 is 10.1 Å². The maximum absolute atomic E-state index is 5.87. The topological polar surface area (TPSA) is 30.5 Å². The average molecular weight is 340 g/mol. The molecule has 20 heavy (non-hydrogen) atoms. The highest BCUT2D eigenvalue weighted by atomic mass is 79.9. The van der Waals surface area contributed by atoms with Gasteiger partial charge >= 0.3 is 0 Å². The summed E-state index contributed by atoms with van der Waals surface area (Å²) in [4.78, 5) is 0. The lowest BCUT2D eigenvalue weighted by atomic mass is 9.96. The molecular weight excluding hydrogens is 318 g/mol. The number of halogens is 1. The minimum atomic E-state index is 0.312. The van der Waals surface area contributed by atoms with Crippen molar-refractivity contribution in [2.75, 3.05) is 19.8 Å². The maximum atomic E-state index is 5.87. The molecule has 1 aromatic rings. The maximum Gasteiger partial charge on any atom is 0.127 e. The van der Waals surface area contributed by atoms with Gasteiger partial charge in [-0.15, -0.1) is 0 Å². The molecule has 2 heterocycles. The van der Waals surface area contributed by atoms with E-state index in [1.807, 2.05) is 0 Å². The fraction of sp³-hybridized carbons (Fsp3) is 0.625. The van der Waals surface area contributed by atoms with Crippen LogP contribution in [0.1, 0.15) is 43.4 Å². The Morgan fingerprint density at radius 2 is 2.30 bits per heavy atom. The number of rotatable bonds is 5. The molecule has 2 unspecified atom stereocenters. The highest BCUT2D eigenvalue weighted by Crippen LogP contribution is 2.38. The van der Waals surface area contributed by atoms with E-state index in [-0.39, 0.29) is 0 Å². The Labute approximate surface area is 129 Å². The van der Waals surface area contributed by atoms with Crippen LogP contribution in [0.25, 0.3) is 0 Å².